The summed E-state index contributed by atoms with van der Waals surface area (Å²) < 4.78 is 11.6. The fraction of sp³-hybridized carbons (Fsp3) is 0.526. The average Bonchev–Trinajstić information content (AvgIpc) is 3.25. The topological polar surface area (TPSA) is 71.3 Å². The number of aryl methyl sites for hydroxylation is 1. The second kappa shape index (κ2) is 8.99. The van der Waals surface area contributed by atoms with Crippen molar-refractivity contribution in [3.05, 3.63) is 47.5 Å². The van der Waals surface area contributed by atoms with Crippen LogP contribution in [0.2, 0.25) is 0 Å². The summed E-state index contributed by atoms with van der Waals surface area (Å²) in [5.74, 6) is 3.09. The van der Waals surface area contributed by atoms with Gasteiger partial charge in [0.1, 0.15) is 11.5 Å². The SMILES string of the molecule is CCCCOc1ncccc1CNCC1CNNC1c1ccc(C)o1. The average molecular weight is 344 g/mol. The molecule has 0 bridgehead atoms. The molecule has 1 aliphatic rings. The number of unbranched alkanes of at least 4 members (excludes halogenated alkanes) is 1. The van der Waals surface area contributed by atoms with Gasteiger partial charge in [0.15, 0.2) is 0 Å². The third-order valence-corrected chi connectivity index (χ3v) is 4.47. The minimum Gasteiger partial charge on any atom is -0.477 e. The monoisotopic (exact) mass is 344 g/mol. The van der Waals surface area contributed by atoms with E-state index in [2.05, 4.69) is 34.1 Å². The molecule has 3 heterocycles. The van der Waals surface area contributed by atoms with Crippen LogP contribution in [0.4, 0.5) is 0 Å². The molecule has 0 aromatic carbocycles. The Kier molecular flexibility index (Phi) is 6.44. The van der Waals surface area contributed by atoms with Crippen LogP contribution in [-0.2, 0) is 6.54 Å². The highest BCUT2D eigenvalue weighted by molar-refractivity contribution is 5.25. The third kappa shape index (κ3) is 4.81. The van der Waals surface area contributed by atoms with Gasteiger partial charge in [-0.3, -0.25) is 5.43 Å². The quantitative estimate of drug-likeness (QED) is 0.608. The molecule has 25 heavy (non-hydrogen) atoms. The van der Waals surface area contributed by atoms with Crippen LogP contribution in [0.15, 0.2) is 34.9 Å². The van der Waals surface area contributed by atoms with Crippen molar-refractivity contribution < 1.29 is 9.15 Å². The molecule has 6 heteroatoms. The molecule has 6 nitrogen and oxygen atoms in total. The summed E-state index contributed by atoms with van der Waals surface area (Å²) in [6.07, 6.45) is 3.95. The molecule has 1 aliphatic heterocycles. The number of rotatable bonds is 9. The zero-order valence-electron chi connectivity index (χ0n) is 15.0. The highest BCUT2D eigenvalue weighted by atomic mass is 16.5. The molecule has 1 saturated heterocycles. The maximum atomic E-state index is 5.80. The second-order valence-corrected chi connectivity index (χ2v) is 6.51. The van der Waals surface area contributed by atoms with Gasteiger partial charge in [-0.15, -0.1) is 0 Å². The Labute approximate surface area is 149 Å². The zero-order chi connectivity index (χ0) is 17.5. The lowest BCUT2D eigenvalue weighted by atomic mass is 10.00. The molecular weight excluding hydrogens is 316 g/mol. The number of hydrazine groups is 1. The zero-order valence-corrected chi connectivity index (χ0v) is 15.0. The lowest BCUT2D eigenvalue weighted by molar-refractivity contribution is 0.293. The molecule has 2 aromatic heterocycles. The van der Waals surface area contributed by atoms with Gasteiger partial charge in [-0.05, 0) is 31.5 Å². The molecule has 0 spiro atoms. The fourth-order valence-electron chi connectivity index (χ4n) is 3.04. The summed E-state index contributed by atoms with van der Waals surface area (Å²) in [5.41, 5.74) is 7.65. The molecule has 2 unspecified atom stereocenters. The van der Waals surface area contributed by atoms with Crippen LogP contribution >= 0.6 is 0 Å². The van der Waals surface area contributed by atoms with E-state index in [4.69, 9.17) is 9.15 Å². The summed E-state index contributed by atoms with van der Waals surface area (Å²) in [5, 5.41) is 3.54. The summed E-state index contributed by atoms with van der Waals surface area (Å²) in [4.78, 5) is 4.36. The summed E-state index contributed by atoms with van der Waals surface area (Å²) in [7, 11) is 0. The maximum absolute atomic E-state index is 5.80. The van der Waals surface area contributed by atoms with Gasteiger partial charge in [-0.2, -0.15) is 0 Å². The van der Waals surface area contributed by atoms with E-state index < -0.39 is 0 Å². The van der Waals surface area contributed by atoms with Gasteiger partial charge in [-0.25, -0.2) is 10.4 Å². The second-order valence-electron chi connectivity index (χ2n) is 6.51. The van der Waals surface area contributed by atoms with Crippen LogP contribution < -0.4 is 20.9 Å². The largest absolute Gasteiger partial charge is 0.477 e. The van der Waals surface area contributed by atoms with Gasteiger partial charge in [-0.1, -0.05) is 19.4 Å². The molecule has 2 aromatic rings. The van der Waals surface area contributed by atoms with Crippen LogP contribution in [0, 0.1) is 12.8 Å². The minimum atomic E-state index is 0.190. The van der Waals surface area contributed by atoms with Crippen molar-refractivity contribution >= 4 is 0 Å². The molecular formula is C19H28N4O2. The molecule has 1 fully saturated rings. The van der Waals surface area contributed by atoms with E-state index in [0.29, 0.717) is 5.92 Å². The third-order valence-electron chi connectivity index (χ3n) is 4.47. The van der Waals surface area contributed by atoms with Crippen molar-refractivity contribution in [2.24, 2.45) is 5.92 Å². The van der Waals surface area contributed by atoms with Gasteiger partial charge >= 0.3 is 0 Å². The Morgan fingerprint density at radius 3 is 3.08 bits per heavy atom. The minimum absolute atomic E-state index is 0.190. The first-order valence-corrected chi connectivity index (χ1v) is 9.10. The lowest BCUT2D eigenvalue weighted by Crippen LogP contribution is -2.28. The number of furan rings is 1. The molecule has 3 rings (SSSR count). The number of nitrogens with one attached hydrogen (secondary N) is 3. The number of aromatic nitrogens is 1. The van der Waals surface area contributed by atoms with Crippen molar-refractivity contribution in [2.45, 2.75) is 39.3 Å². The summed E-state index contributed by atoms with van der Waals surface area (Å²) in [6.45, 7) is 7.39. The highest BCUT2D eigenvalue weighted by Gasteiger charge is 2.30. The van der Waals surface area contributed by atoms with Crippen molar-refractivity contribution in [3.63, 3.8) is 0 Å². The lowest BCUT2D eigenvalue weighted by Gasteiger charge is -2.17. The molecule has 136 valence electrons. The van der Waals surface area contributed by atoms with Gasteiger partial charge in [0, 0.05) is 37.3 Å². The first kappa shape index (κ1) is 17.9. The standard InChI is InChI=1S/C19H28N4O2/c1-3-4-10-24-19-15(6-5-9-21-19)11-20-12-16-13-22-23-18(16)17-8-7-14(2)25-17/h5-9,16,18,20,22-23H,3-4,10-13H2,1-2H3. The molecule has 2 atom stereocenters. The van der Waals surface area contributed by atoms with Crippen molar-refractivity contribution in [1.82, 2.24) is 21.2 Å². The molecule has 0 radical (unpaired) electrons. The van der Waals surface area contributed by atoms with E-state index in [1.807, 2.05) is 25.1 Å². The van der Waals surface area contributed by atoms with E-state index in [1.54, 1.807) is 6.20 Å². The Bertz CT molecular complexity index is 658. The number of pyridine rings is 1. The predicted molar refractivity (Wildman–Crippen MR) is 97.2 cm³/mol. The fourth-order valence-corrected chi connectivity index (χ4v) is 3.04. The number of ether oxygens (including phenoxy) is 1. The highest BCUT2D eigenvalue weighted by Crippen LogP contribution is 2.26. The van der Waals surface area contributed by atoms with Crippen molar-refractivity contribution in [2.75, 3.05) is 19.7 Å². The van der Waals surface area contributed by atoms with Crippen LogP contribution in [0.5, 0.6) is 5.88 Å². The Balaban J connectivity index is 1.52. The smallest absolute Gasteiger partial charge is 0.217 e. The van der Waals surface area contributed by atoms with Gasteiger partial charge in [0.05, 0.1) is 12.6 Å². The van der Waals surface area contributed by atoms with Crippen LogP contribution in [0.1, 0.15) is 42.9 Å². The maximum Gasteiger partial charge on any atom is 0.217 e. The number of hydrogen-bond donors (Lipinski definition) is 3. The van der Waals surface area contributed by atoms with E-state index in [1.165, 1.54) is 0 Å². The van der Waals surface area contributed by atoms with E-state index >= 15 is 0 Å². The summed E-state index contributed by atoms with van der Waals surface area (Å²) >= 11 is 0. The Morgan fingerprint density at radius 1 is 1.36 bits per heavy atom. The normalized spacial score (nSPS) is 20.1. The van der Waals surface area contributed by atoms with E-state index in [-0.39, 0.29) is 6.04 Å². The Morgan fingerprint density at radius 2 is 2.28 bits per heavy atom. The summed E-state index contributed by atoms with van der Waals surface area (Å²) in [6, 6.07) is 8.27. The van der Waals surface area contributed by atoms with Crippen molar-refractivity contribution in [1.29, 1.82) is 0 Å². The molecule has 0 saturated carbocycles. The van der Waals surface area contributed by atoms with Crippen LogP contribution in [-0.4, -0.2) is 24.7 Å². The molecule has 0 amide bonds. The van der Waals surface area contributed by atoms with E-state index in [9.17, 15) is 0 Å². The number of hydrogen-bond acceptors (Lipinski definition) is 6. The van der Waals surface area contributed by atoms with Crippen LogP contribution in [0.3, 0.4) is 0 Å². The predicted octanol–water partition coefficient (Wildman–Crippen LogP) is 2.72. The first-order valence-electron chi connectivity index (χ1n) is 9.10. The van der Waals surface area contributed by atoms with Gasteiger partial charge in [0.2, 0.25) is 5.88 Å². The van der Waals surface area contributed by atoms with Gasteiger partial charge < -0.3 is 14.5 Å². The van der Waals surface area contributed by atoms with Gasteiger partial charge in [0.25, 0.3) is 0 Å². The van der Waals surface area contributed by atoms with E-state index in [0.717, 1.165) is 62.0 Å². The Hall–Kier alpha value is -1.89. The molecule has 3 N–H and O–H groups in total. The molecule has 0 aliphatic carbocycles. The van der Waals surface area contributed by atoms with Crippen LogP contribution in [0.25, 0.3) is 0 Å². The number of nitrogens with zero attached hydrogens (tertiary/aromatic N) is 1. The first-order chi connectivity index (χ1) is 12.3. The van der Waals surface area contributed by atoms with Crippen molar-refractivity contribution in [3.8, 4) is 5.88 Å².